The molecule has 0 bridgehead atoms. The van der Waals surface area contributed by atoms with E-state index in [2.05, 4.69) is 15.9 Å². The molecule has 0 radical (unpaired) electrons. The summed E-state index contributed by atoms with van der Waals surface area (Å²) in [5, 5.41) is 1.60. The van der Waals surface area contributed by atoms with E-state index in [1.165, 1.54) is 11.8 Å². The van der Waals surface area contributed by atoms with Crippen molar-refractivity contribution in [3.05, 3.63) is 90.7 Å². The Morgan fingerprint density at radius 3 is 2.65 bits per heavy atom. The highest BCUT2D eigenvalue weighted by molar-refractivity contribution is 9.10. The number of ether oxygens (including phenoxy) is 3. The van der Waals surface area contributed by atoms with Gasteiger partial charge in [0.2, 0.25) is 0 Å². The lowest BCUT2D eigenvalue weighted by Gasteiger charge is -2.26. The quantitative estimate of drug-likeness (QED) is 0.227. The molecule has 2 saturated heterocycles. The first kappa shape index (κ1) is 31.4. The van der Waals surface area contributed by atoms with Gasteiger partial charge in [-0.2, -0.15) is 0 Å². The van der Waals surface area contributed by atoms with E-state index in [-0.39, 0.29) is 18.4 Å². The third-order valence-corrected chi connectivity index (χ3v) is 8.94. The normalized spacial score (nSPS) is 17.2. The van der Waals surface area contributed by atoms with Gasteiger partial charge >= 0.3 is 0 Å². The van der Waals surface area contributed by atoms with Crippen LogP contribution in [0.25, 0.3) is 6.08 Å². The number of amides is 2. The number of hydrogen-bond donors (Lipinski definition) is 0. The van der Waals surface area contributed by atoms with Crippen molar-refractivity contribution in [2.45, 2.75) is 13.5 Å². The monoisotopic (exact) mass is 703 g/mol. The highest BCUT2D eigenvalue weighted by atomic mass is 79.9. The van der Waals surface area contributed by atoms with E-state index >= 15 is 0 Å². The number of benzene rings is 3. The van der Waals surface area contributed by atoms with Crippen molar-refractivity contribution in [1.82, 2.24) is 9.80 Å². The zero-order valence-electron chi connectivity index (χ0n) is 23.4. The maximum atomic E-state index is 13.3. The predicted molar refractivity (Wildman–Crippen MR) is 175 cm³/mol. The van der Waals surface area contributed by atoms with Crippen LogP contribution < -0.4 is 9.47 Å². The van der Waals surface area contributed by atoms with Gasteiger partial charge in [-0.1, -0.05) is 35.3 Å². The van der Waals surface area contributed by atoms with Crippen LogP contribution >= 0.6 is 50.9 Å². The SMILES string of the molecule is CCN1C(=O)/C(=C\c2cc(Br)c(OCc3ccc(Cl)cc3Cl)c(OC)c2)SC1=Nc1cccc(C(=O)N2CCOCC2)c1. The van der Waals surface area contributed by atoms with Gasteiger partial charge in [-0.25, -0.2) is 4.99 Å². The highest BCUT2D eigenvalue weighted by Gasteiger charge is 2.32. The molecular formula is C31H28BrCl2N3O5S. The van der Waals surface area contributed by atoms with Crippen LogP contribution in [0, 0.1) is 0 Å². The van der Waals surface area contributed by atoms with Crippen LogP contribution in [0.1, 0.15) is 28.4 Å². The van der Waals surface area contributed by atoms with Crippen LogP contribution in [-0.2, 0) is 16.1 Å². The van der Waals surface area contributed by atoms with Gasteiger partial charge in [-0.15, -0.1) is 0 Å². The largest absolute Gasteiger partial charge is 0.493 e. The molecule has 5 rings (SSSR count). The summed E-state index contributed by atoms with van der Waals surface area (Å²) in [6, 6.07) is 16.0. The number of methoxy groups -OCH3 is 1. The van der Waals surface area contributed by atoms with E-state index in [0.717, 1.165) is 11.1 Å². The second kappa shape index (κ2) is 14.2. The summed E-state index contributed by atoms with van der Waals surface area (Å²) < 4.78 is 17.7. The fraction of sp³-hybridized carbons (Fsp3) is 0.258. The number of thioether (sulfide) groups is 1. The Hall–Kier alpha value is -3.02. The molecule has 0 N–H and O–H groups in total. The summed E-state index contributed by atoms with van der Waals surface area (Å²) in [4.78, 5) is 35.0. The lowest BCUT2D eigenvalue weighted by molar-refractivity contribution is -0.122. The average Bonchev–Trinajstić information content (AvgIpc) is 3.30. The fourth-order valence-corrected chi connectivity index (χ4v) is 6.64. The smallest absolute Gasteiger partial charge is 0.266 e. The Morgan fingerprint density at radius 1 is 1.14 bits per heavy atom. The van der Waals surface area contributed by atoms with Gasteiger partial charge in [-0.3, -0.25) is 14.5 Å². The lowest BCUT2D eigenvalue weighted by atomic mass is 10.1. The number of carbonyl (C=O) groups excluding carboxylic acids is 2. The minimum absolute atomic E-state index is 0.0587. The Kier molecular flexibility index (Phi) is 10.4. The van der Waals surface area contributed by atoms with Crippen LogP contribution in [0.5, 0.6) is 11.5 Å². The maximum Gasteiger partial charge on any atom is 0.266 e. The number of likely N-dealkylation sites (N-methyl/N-ethyl adjacent to an activating group) is 1. The maximum absolute atomic E-state index is 13.3. The number of rotatable bonds is 8. The summed E-state index contributed by atoms with van der Waals surface area (Å²) in [5.41, 5.74) is 2.67. The summed E-state index contributed by atoms with van der Waals surface area (Å²) in [5.74, 6) is 0.783. The Balaban J connectivity index is 1.36. The van der Waals surface area contributed by atoms with Crippen LogP contribution in [0.2, 0.25) is 10.0 Å². The molecule has 0 spiro atoms. The first-order valence-corrected chi connectivity index (χ1v) is 15.9. The lowest BCUT2D eigenvalue weighted by Crippen LogP contribution is -2.40. The Morgan fingerprint density at radius 2 is 1.93 bits per heavy atom. The van der Waals surface area contributed by atoms with Crippen LogP contribution in [0.3, 0.4) is 0 Å². The predicted octanol–water partition coefficient (Wildman–Crippen LogP) is 7.44. The fourth-order valence-electron chi connectivity index (χ4n) is 4.54. The van der Waals surface area contributed by atoms with E-state index in [1.54, 1.807) is 59.4 Å². The van der Waals surface area contributed by atoms with Crippen molar-refractivity contribution in [1.29, 1.82) is 0 Å². The third-order valence-electron chi connectivity index (χ3n) is 6.76. The van der Waals surface area contributed by atoms with Crippen molar-refractivity contribution < 1.29 is 23.8 Å². The number of halogens is 3. The summed E-state index contributed by atoms with van der Waals surface area (Å²) in [6.45, 7) is 4.74. The first-order chi connectivity index (χ1) is 20.8. The van der Waals surface area contributed by atoms with Gasteiger partial charge < -0.3 is 19.1 Å². The molecular weight excluding hydrogens is 677 g/mol. The van der Waals surface area contributed by atoms with Gasteiger partial charge in [0.25, 0.3) is 11.8 Å². The van der Waals surface area contributed by atoms with Gasteiger partial charge in [0.05, 0.1) is 35.4 Å². The van der Waals surface area contributed by atoms with Crippen molar-refractivity contribution >= 4 is 79.6 Å². The molecule has 2 amide bonds. The Bertz CT molecular complexity index is 1610. The van der Waals surface area contributed by atoms with Crippen LogP contribution in [0.15, 0.2) is 69.0 Å². The van der Waals surface area contributed by atoms with E-state index in [1.807, 2.05) is 25.1 Å². The van der Waals surface area contributed by atoms with Crippen molar-refractivity contribution in [3.8, 4) is 11.5 Å². The molecule has 0 aromatic heterocycles. The third kappa shape index (κ3) is 7.38. The zero-order chi connectivity index (χ0) is 30.5. The van der Waals surface area contributed by atoms with E-state index in [4.69, 9.17) is 42.4 Å². The van der Waals surface area contributed by atoms with Gasteiger partial charge in [0.1, 0.15) is 6.61 Å². The molecule has 8 nitrogen and oxygen atoms in total. The molecule has 3 aromatic carbocycles. The standard InChI is InChI=1S/C31H28BrCl2N3O5S/c1-3-37-30(39)27(43-31(37)35-23-6-4-5-20(16-23)29(38)36-9-11-41-12-10-36)15-19-13-24(32)28(26(14-19)40-2)42-18-21-7-8-22(33)17-25(21)34/h4-8,13-17H,3,9-12,18H2,1-2H3/b27-15+,35-31?. The molecule has 2 fully saturated rings. The highest BCUT2D eigenvalue weighted by Crippen LogP contribution is 2.40. The topological polar surface area (TPSA) is 80.7 Å². The van der Waals surface area contributed by atoms with E-state index in [0.29, 0.717) is 80.2 Å². The number of aliphatic imine (C=N–C) groups is 1. The van der Waals surface area contributed by atoms with Gasteiger partial charge in [0, 0.05) is 40.8 Å². The summed E-state index contributed by atoms with van der Waals surface area (Å²) in [6.07, 6.45) is 1.80. The number of amidine groups is 1. The second-order valence-electron chi connectivity index (χ2n) is 9.57. The number of carbonyl (C=O) groups is 2. The van der Waals surface area contributed by atoms with E-state index in [9.17, 15) is 9.59 Å². The van der Waals surface area contributed by atoms with Crippen molar-refractivity contribution in [2.75, 3.05) is 40.0 Å². The van der Waals surface area contributed by atoms with Crippen LogP contribution in [-0.4, -0.2) is 66.7 Å². The number of nitrogens with zero attached hydrogens (tertiary/aromatic N) is 3. The van der Waals surface area contributed by atoms with Gasteiger partial charge in [0.15, 0.2) is 16.7 Å². The molecule has 0 saturated carbocycles. The summed E-state index contributed by atoms with van der Waals surface area (Å²) in [7, 11) is 1.55. The molecule has 43 heavy (non-hydrogen) atoms. The second-order valence-corrected chi connectivity index (χ2v) is 12.3. The molecule has 2 aliphatic rings. The number of morpholine rings is 1. The zero-order valence-corrected chi connectivity index (χ0v) is 27.4. The Labute approximate surface area is 272 Å². The molecule has 0 aliphatic carbocycles. The molecule has 2 aliphatic heterocycles. The molecule has 3 aromatic rings. The van der Waals surface area contributed by atoms with E-state index < -0.39 is 0 Å². The molecule has 0 unspecified atom stereocenters. The minimum atomic E-state index is -0.153. The van der Waals surface area contributed by atoms with Gasteiger partial charge in [-0.05, 0) is 88.7 Å². The van der Waals surface area contributed by atoms with Crippen molar-refractivity contribution in [3.63, 3.8) is 0 Å². The molecule has 224 valence electrons. The summed E-state index contributed by atoms with van der Waals surface area (Å²) >= 11 is 17.2. The average molecular weight is 705 g/mol. The molecule has 2 heterocycles. The molecule has 0 atom stereocenters. The van der Waals surface area contributed by atoms with Crippen LogP contribution in [0.4, 0.5) is 5.69 Å². The number of hydrogen-bond acceptors (Lipinski definition) is 7. The first-order valence-electron chi connectivity index (χ1n) is 13.5. The van der Waals surface area contributed by atoms with Crippen molar-refractivity contribution in [2.24, 2.45) is 4.99 Å². The minimum Gasteiger partial charge on any atom is -0.493 e. The molecule has 12 heteroatoms.